The summed E-state index contributed by atoms with van der Waals surface area (Å²) in [5.41, 5.74) is 1.52. The maximum Gasteiger partial charge on any atom is 0.164 e. The van der Waals surface area contributed by atoms with Crippen LogP contribution in [0.15, 0.2) is 35.9 Å². The second kappa shape index (κ2) is 4.45. The molecule has 4 nitrogen and oxygen atoms in total. The molecule has 0 amide bonds. The number of nitriles is 3. The van der Waals surface area contributed by atoms with E-state index >= 15 is 0 Å². The van der Waals surface area contributed by atoms with Crippen molar-refractivity contribution in [3.8, 4) is 18.2 Å². The summed E-state index contributed by atoms with van der Waals surface area (Å²) in [5, 5.41) is 27.9. The molecule has 84 valence electrons. The number of benzene rings is 1. The second-order valence-corrected chi connectivity index (χ2v) is 3.74. The standard InChI is InChI=1S/C14H8N4/c1-10-6-11-4-2-3-5-13(11)18(10)14(9-17)12(7-15)8-16/h2-6H,1H3. The van der Waals surface area contributed by atoms with Crippen LogP contribution in [0.5, 0.6) is 0 Å². The fraction of sp³-hybridized carbons (Fsp3) is 0.0714. The van der Waals surface area contributed by atoms with Crippen LogP contribution in [0.2, 0.25) is 0 Å². The smallest absolute Gasteiger partial charge is 0.164 e. The summed E-state index contributed by atoms with van der Waals surface area (Å²) >= 11 is 0. The van der Waals surface area contributed by atoms with Crippen molar-refractivity contribution in [3.05, 3.63) is 41.6 Å². The third kappa shape index (κ3) is 1.61. The van der Waals surface area contributed by atoms with E-state index in [9.17, 15) is 5.26 Å². The third-order valence-corrected chi connectivity index (χ3v) is 2.68. The van der Waals surface area contributed by atoms with Crippen molar-refractivity contribution >= 4 is 16.6 Å². The highest BCUT2D eigenvalue weighted by atomic mass is 15.0. The average molecular weight is 232 g/mol. The molecule has 0 spiro atoms. The molecule has 0 fully saturated rings. The van der Waals surface area contributed by atoms with Gasteiger partial charge < -0.3 is 4.57 Å². The summed E-state index contributed by atoms with van der Waals surface area (Å²) in [6.07, 6.45) is 0. The lowest BCUT2D eigenvalue weighted by Gasteiger charge is -2.05. The molecule has 1 aromatic carbocycles. The van der Waals surface area contributed by atoms with Gasteiger partial charge >= 0.3 is 0 Å². The van der Waals surface area contributed by atoms with Crippen molar-refractivity contribution < 1.29 is 0 Å². The van der Waals surface area contributed by atoms with Crippen LogP contribution in [0, 0.1) is 40.9 Å². The summed E-state index contributed by atoms with van der Waals surface area (Å²) in [4.78, 5) is 0. The van der Waals surface area contributed by atoms with Gasteiger partial charge in [0.2, 0.25) is 0 Å². The number of allylic oxidation sites excluding steroid dienone is 2. The zero-order valence-electron chi connectivity index (χ0n) is 9.68. The quantitative estimate of drug-likeness (QED) is 0.709. The Hall–Kier alpha value is -3.03. The Morgan fingerprint density at radius 2 is 1.72 bits per heavy atom. The van der Waals surface area contributed by atoms with Gasteiger partial charge in [0.1, 0.15) is 18.2 Å². The van der Waals surface area contributed by atoms with Gasteiger partial charge in [-0.1, -0.05) is 18.2 Å². The molecule has 0 aliphatic carbocycles. The van der Waals surface area contributed by atoms with Gasteiger partial charge in [0, 0.05) is 11.1 Å². The molecule has 1 heterocycles. The molecule has 0 aliphatic heterocycles. The van der Waals surface area contributed by atoms with Crippen molar-refractivity contribution in [1.82, 2.24) is 4.57 Å². The van der Waals surface area contributed by atoms with Crippen molar-refractivity contribution in [2.45, 2.75) is 6.92 Å². The molecule has 0 saturated heterocycles. The van der Waals surface area contributed by atoms with E-state index in [0.29, 0.717) is 0 Å². The number of para-hydroxylation sites is 1. The Bertz CT molecular complexity index is 757. The summed E-state index contributed by atoms with van der Waals surface area (Å²) in [7, 11) is 0. The molecule has 2 rings (SSSR count). The minimum absolute atomic E-state index is 0.0682. The maximum absolute atomic E-state index is 9.18. The van der Waals surface area contributed by atoms with E-state index < -0.39 is 0 Å². The molecule has 0 aliphatic rings. The van der Waals surface area contributed by atoms with E-state index in [1.54, 1.807) is 16.7 Å². The van der Waals surface area contributed by atoms with E-state index in [0.717, 1.165) is 16.6 Å². The zero-order chi connectivity index (χ0) is 13.1. The number of nitrogens with zero attached hydrogens (tertiary/aromatic N) is 4. The molecule has 1 aromatic heterocycles. The highest BCUT2D eigenvalue weighted by molar-refractivity contribution is 5.88. The van der Waals surface area contributed by atoms with Crippen LogP contribution < -0.4 is 0 Å². The normalized spacial score (nSPS) is 9.22. The Kier molecular flexibility index (Phi) is 2.83. The first-order valence-corrected chi connectivity index (χ1v) is 5.25. The highest BCUT2D eigenvalue weighted by Crippen LogP contribution is 2.24. The minimum Gasteiger partial charge on any atom is -0.303 e. The molecular weight excluding hydrogens is 224 g/mol. The minimum atomic E-state index is -0.179. The Morgan fingerprint density at radius 1 is 1.06 bits per heavy atom. The van der Waals surface area contributed by atoms with Gasteiger partial charge in [-0.15, -0.1) is 0 Å². The van der Waals surface area contributed by atoms with E-state index in [1.165, 1.54) is 0 Å². The number of hydrogen-bond acceptors (Lipinski definition) is 3. The van der Waals surface area contributed by atoms with Gasteiger partial charge in [0.25, 0.3) is 0 Å². The molecular formula is C14H8N4. The number of aryl methyl sites for hydroxylation is 1. The van der Waals surface area contributed by atoms with E-state index in [4.69, 9.17) is 10.5 Å². The molecule has 0 radical (unpaired) electrons. The van der Waals surface area contributed by atoms with Gasteiger partial charge in [-0.25, -0.2) is 0 Å². The van der Waals surface area contributed by atoms with E-state index in [1.807, 2.05) is 43.3 Å². The Balaban J connectivity index is 2.89. The molecule has 0 unspecified atom stereocenters. The zero-order valence-corrected chi connectivity index (χ0v) is 9.68. The SMILES string of the molecule is Cc1cc2ccccc2n1C(C#N)=C(C#N)C#N. The van der Waals surface area contributed by atoms with Crippen LogP contribution >= 0.6 is 0 Å². The fourth-order valence-corrected chi connectivity index (χ4v) is 1.94. The van der Waals surface area contributed by atoms with Crippen molar-refractivity contribution in [3.63, 3.8) is 0 Å². The molecule has 0 atom stereocenters. The van der Waals surface area contributed by atoms with E-state index in [2.05, 4.69) is 0 Å². The Labute approximate surface area is 104 Å². The monoisotopic (exact) mass is 232 g/mol. The molecule has 18 heavy (non-hydrogen) atoms. The van der Waals surface area contributed by atoms with Crippen LogP contribution in [-0.4, -0.2) is 4.57 Å². The highest BCUT2D eigenvalue weighted by Gasteiger charge is 2.13. The number of aromatic nitrogens is 1. The van der Waals surface area contributed by atoms with Gasteiger partial charge in [0.05, 0.1) is 5.52 Å². The van der Waals surface area contributed by atoms with Crippen molar-refractivity contribution in [2.75, 3.05) is 0 Å². The topological polar surface area (TPSA) is 76.3 Å². The summed E-state index contributed by atoms with van der Waals surface area (Å²) in [6, 6.07) is 14.9. The lowest BCUT2D eigenvalue weighted by Crippen LogP contribution is -2.00. The number of hydrogen-bond donors (Lipinski definition) is 0. The number of fused-ring (bicyclic) bond motifs is 1. The molecule has 0 N–H and O–H groups in total. The van der Waals surface area contributed by atoms with Crippen LogP contribution in [-0.2, 0) is 0 Å². The summed E-state index contributed by atoms with van der Waals surface area (Å²) in [5.74, 6) is 0. The molecule has 2 aromatic rings. The van der Waals surface area contributed by atoms with Crippen LogP contribution in [0.25, 0.3) is 16.6 Å². The van der Waals surface area contributed by atoms with Crippen LogP contribution in [0.1, 0.15) is 5.69 Å². The first kappa shape index (κ1) is 11.5. The molecule has 0 bridgehead atoms. The lowest BCUT2D eigenvalue weighted by molar-refractivity contribution is 1.09. The Morgan fingerprint density at radius 3 is 2.33 bits per heavy atom. The summed E-state index contributed by atoms with van der Waals surface area (Å²) in [6.45, 7) is 1.84. The largest absolute Gasteiger partial charge is 0.303 e. The first-order chi connectivity index (χ1) is 8.72. The van der Waals surface area contributed by atoms with Crippen LogP contribution in [0.3, 0.4) is 0 Å². The average Bonchev–Trinajstić information content (AvgIpc) is 2.72. The second-order valence-electron chi connectivity index (χ2n) is 3.74. The first-order valence-electron chi connectivity index (χ1n) is 5.25. The maximum atomic E-state index is 9.18. The van der Waals surface area contributed by atoms with Crippen molar-refractivity contribution in [2.24, 2.45) is 0 Å². The van der Waals surface area contributed by atoms with Crippen LogP contribution in [0.4, 0.5) is 0 Å². The third-order valence-electron chi connectivity index (χ3n) is 2.68. The fourth-order valence-electron chi connectivity index (χ4n) is 1.94. The number of rotatable bonds is 1. The van der Waals surface area contributed by atoms with Gasteiger partial charge in [0.15, 0.2) is 11.3 Å². The van der Waals surface area contributed by atoms with Crippen molar-refractivity contribution in [1.29, 1.82) is 15.8 Å². The molecule has 4 heteroatoms. The molecule has 0 saturated carbocycles. The van der Waals surface area contributed by atoms with E-state index in [-0.39, 0.29) is 11.3 Å². The van der Waals surface area contributed by atoms with Gasteiger partial charge in [-0.3, -0.25) is 0 Å². The summed E-state index contributed by atoms with van der Waals surface area (Å²) < 4.78 is 1.64. The predicted octanol–water partition coefficient (Wildman–Crippen LogP) is 2.73. The predicted molar refractivity (Wildman–Crippen MR) is 66.7 cm³/mol. The lowest BCUT2D eigenvalue weighted by atomic mass is 10.2. The van der Waals surface area contributed by atoms with Gasteiger partial charge in [-0.05, 0) is 19.1 Å². The van der Waals surface area contributed by atoms with Gasteiger partial charge in [-0.2, -0.15) is 15.8 Å².